The number of hydrogen-bond donors (Lipinski definition) is 1. The predicted molar refractivity (Wildman–Crippen MR) is 62.9 cm³/mol. The predicted octanol–water partition coefficient (Wildman–Crippen LogP) is 2.69. The lowest BCUT2D eigenvalue weighted by molar-refractivity contribution is 0.0917. The molecule has 1 rings (SSSR count). The van der Waals surface area contributed by atoms with Crippen molar-refractivity contribution in [3.8, 4) is 0 Å². The summed E-state index contributed by atoms with van der Waals surface area (Å²) in [7, 11) is 0. The van der Waals surface area contributed by atoms with Gasteiger partial charge in [-0.3, -0.25) is 4.79 Å². The van der Waals surface area contributed by atoms with Crippen molar-refractivity contribution in [1.82, 2.24) is 0 Å². The third-order valence-electron chi connectivity index (χ3n) is 2.62. The van der Waals surface area contributed by atoms with Crippen molar-refractivity contribution >= 4 is 5.78 Å². The Morgan fingerprint density at radius 3 is 2.62 bits per heavy atom. The number of halogens is 1. The molecule has 0 aliphatic carbocycles. The van der Waals surface area contributed by atoms with Crippen molar-refractivity contribution in [3.63, 3.8) is 0 Å². The third-order valence-corrected chi connectivity index (χ3v) is 2.62. The summed E-state index contributed by atoms with van der Waals surface area (Å²) < 4.78 is 13.2. The number of ketones is 1. The van der Waals surface area contributed by atoms with E-state index in [1.165, 1.54) is 12.1 Å². The van der Waals surface area contributed by atoms with Gasteiger partial charge in [0.2, 0.25) is 0 Å². The molecule has 1 aromatic carbocycles. The highest BCUT2D eigenvalue weighted by Crippen LogP contribution is 2.16. The minimum atomic E-state index is -0.365. The largest absolute Gasteiger partial charge is 0.330 e. The van der Waals surface area contributed by atoms with Crippen LogP contribution < -0.4 is 5.73 Å². The molecule has 0 aromatic heterocycles. The maximum absolute atomic E-state index is 13.2. The zero-order chi connectivity index (χ0) is 12.1. The van der Waals surface area contributed by atoms with Gasteiger partial charge in [0.25, 0.3) is 0 Å². The molecule has 0 heterocycles. The highest BCUT2D eigenvalue weighted by Gasteiger charge is 2.18. The van der Waals surface area contributed by atoms with Crippen LogP contribution in [-0.4, -0.2) is 12.3 Å². The smallest absolute Gasteiger partial charge is 0.167 e. The summed E-state index contributed by atoms with van der Waals surface area (Å²) in [4.78, 5) is 12.0. The van der Waals surface area contributed by atoms with Crippen LogP contribution in [0.3, 0.4) is 0 Å². The average Bonchev–Trinajstić information content (AvgIpc) is 2.23. The van der Waals surface area contributed by atoms with E-state index in [-0.39, 0.29) is 17.5 Å². The Bertz CT molecular complexity index is 356. The minimum Gasteiger partial charge on any atom is -0.330 e. The number of benzene rings is 1. The number of nitrogens with two attached hydrogens (primary N) is 1. The Morgan fingerprint density at radius 1 is 1.44 bits per heavy atom. The molecule has 0 radical (unpaired) electrons. The fourth-order valence-electron chi connectivity index (χ4n) is 1.82. The van der Waals surface area contributed by atoms with Crippen LogP contribution in [0.5, 0.6) is 0 Å². The Morgan fingerprint density at radius 2 is 2.12 bits per heavy atom. The highest BCUT2D eigenvalue weighted by atomic mass is 19.1. The van der Waals surface area contributed by atoms with Gasteiger partial charge in [0.1, 0.15) is 5.82 Å². The molecule has 0 saturated carbocycles. The standard InChI is InChI=1S/C13H18FNO/c1-3-4-10(8-15)13(16)11-5-9(2)6-12(14)7-11/h5-7,10H,3-4,8,15H2,1-2H3. The summed E-state index contributed by atoms with van der Waals surface area (Å²) in [5, 5.41) is 0. The topological polar surface area (TPSA) is 43.1 Å². The van der Waals surface area contributed by atoms with Crippen molar-refractivity contribution in [3.05, 3.63) is 35.1 Å². The van der Waals surface area contributed by atoms with Crippen LogP contribution in [0.4, 0.5) is 4.39 Å². The van der Waals surface area contributed by atoms with E-state index in [1.54, 1.807) is 13.0 Å². The monoisotopic (exact) mass is 223 g/mol. The van der Waals surface area contributed by atoms with E-state index in [9.17, 15) is 9.18 Å². The van der Waals surface area contributed by atoms with Crippen molar-refractivity contribution in [2.75, 3.05) is 6.54 Å². The van der Waals surface area contributed by atoms with Gasteiger partial charge in [0, 0.05) is 18.0 Å². The summed E-state index contributed by atoms with van der Waals surface area (Å²) in [6.07, 6.45) is 1.66. The van der Waals surface area contributed by atoms with Crippen LogP contribution in [-0.2, 0) is 0 Å². The number of rotatable bonds is 5. The molecule has 3 heteroatoms. The van der Waals surface area contributed by atoms with E-state index in [4.69, 9.17) is 5.73 Å². The molecule has 0 aliphatic rings. The van der Waals surface area contributed by atoms with E-state index in [0.717, 1.165) is 18.4 Å². The molecule has 0 saturated heterocycles. The highest BCUT2D eigenvalue weighted by molar-refractivity contribution is 5.98. The van der Waals surface area contributed by atoms with E-state index in [0.29, 0.717) is 12.1 Å². The van der Waals surface area contributed by atoms with Gasteiger partial charge in [-0.15, -0.1) is 0 Å². The second-order valence-electron chi connectivity index (χ2n) is 4.10. The second kappa shape index (κ2) is 5.75. The van der Waals surface area contributed by atoms with Crippen molar-refractivity contribution in [1.29, 1.82) is 0 Å². The Balaban J connectivity index is 2.94. The van der Waals surface area contributed by atoms with E-state index < -0.39 is 0 Å². The first kappa shape index (κ1) is 12.8. The lowest BCUT2D eigenvalue weighted by Gasteiger charge is -2.12. The van der Waals surface area contributed by atoms with Gasteiger partial charge in [-0.05, 0) is 37.1 Å². The summed E-state index contributed by atoms with van der Waals surface area (Å²) in [6, 6.07) is 4.41. The number of hydrogen-bond acceptors (Lipinski definition) is 2. The van der Waals surface area contributed by atoms with Crippen LogP contribution in [0.25, 0.3) is 0 Å². The Labute approximate surface area is 95.7 Å². The van der Waals surface area contributed by atoms with Crippen LogP contribution >= 0.6 is 0 Å². The number of aryl methyl sites for hydroxylation is 1. The fourth-order valence-corrected chi connectivity index (χ4v) is 1.82. The molecule has 0 spiro atoms. The first-order valence-corrected chi connectivity index (χ1v) is 5.60. The quantitative estimate of drug-likeness (QED) is 0.780. The molecule has 2 N–H and O–H groups in total. The molecular formula is C13H18FNO. The zero-order valence-corrected chi connectivity index (χ0v) is 9.79. The van der Waals surface area contributed by atoms with Crippen molar-refractivity contribution in [2.24, 2.45) is 11.7 Å². The Hall–Kier alpha value is -1.22. The molecule has 2 nitrogen and oxygen atoms in total. The number of carbonyl (C=O) groups is 1. The summed E-state index contributed by atoms with van der Waals surface area (Å²) in [5.74, 6) is -0.603. The van der Waals surface area contributed by atoms with Gasteiger partial charge in [-0.1, -0.05) is 13.3 Å². The summed E-state index contributed by atoms with van der Waals surface area (Å²) in [5.41, 5.74) is 6.75. The molecule has 0 fully saturated rings. The molecule has 88 valence electrons. The number of carbonyl (C=O) groups excluding carboxylic acids is 1. The van der Waals surface area contributed by atoms with E-state index >= 15 is 0 Å². The first-order chi connectivity index (χ1) is 7.58. The average molecular weight is 223 g/mol. The lowest BCUT2D eigenvalue weighted by Crippen LogP contribution is -2.23. The van der Waals surface area contributed by atoms with Gasteiger partial charge in [0.05, 0.1) is 0 Å². The molecule has 0 amide bonds. The van der Waals surface area contributed by atoms with E-state index in [1.807, 2.05) is 6.92 Å². The fraction of sp³-hybridized carbons (Fsp3) is 0.462. The lowest BCUT2D eigenvalue weighted by atomic mass is 9.93. The normalized spacial score (nSPS) is 12.5. The molecule has 0 bridgehead atoms. The molecule has 1 atom stereocenters. The molecule has 1 aromatic rings. The first-order valence-electron chi connectivity index (χ1n) is 5.60. The number of Topliss-reactive ketones (excluding diaryl/α,β-unsaturated/α-hetero) is 1. The summed E-state index contributed by atoms with van der Waals surface area (Å²) >= 11 is 0. The molecule has 0 aliphatic heterocycles. The SMILES string of the molecule is CCCC(CN)C(=O)c1cc(C)cc(F)c1. The molecular weight excluding hydrogens is 205 g/mol. The second-order valence-corrected chi connectivity index (χ2v) is 4.10. The van der Waals surface area contributed by atoms with Gasteiger partial charge in [-0.2, -0.15) is 0 Å². The third kappa shape index (κ3) is 3.14. The van der Waals surface area contributed by atoms with Crippen LogP contribution in [0.2, 0.25) is 0 Å². The van der Waals surface area contributed by atoms with Crippen molar-refractivity contribution < 1.29 is 9.18 Å². The maximum Gasteiger partial charge on any atom is 0.167 e. The molecule has 16 heavy (non-hydrogen) atoms. The van der Waals surface area contributed by atoms with Gasteiger partial charge in [0.15, 0.2) is 5.78 Å². The van der Waals surface area contributed by atoms with E-state index in [2.05, 4.69) is 0 Å². The minimum absolute atomic E-state index is 0.0491. The van der Waals surface area contributed by atoms with Crippen LogP contribution in [0.15, 0.2) is 18.2 Å². The Kier molecular flexibility index (Phi) is 4.62. The zero-order valence-electron chi connectivity index (χ0n) is 9.79. The van der Waals surface area contributed by atoms with Gasteiger partial charge >= 0.3 is 0 Å². The van der Waals surface area contributed by atoms with Gasteiger partial charge in [-0.25, -0.2) is 4.39 Å². The summed E-state index contributed by atoms with van der Waals surface area (Å²) in [6.45, 7) is 4.10. The van der Waals surface area contributed by atoms with Crippen molar-refractivity contribution in [2.45, 2.75) is 26.7 Å². The van der Waals surface area contributed by atoms with Crippen LogP contribution in [0.1, 0.15) is 35.7 Å². The maximum atomic E-state index is 13.2. The van der Waals surface area contributed by atoms with Gasteiger partial charge < -0.3 is 5.73 Å². The van der Waals surface area contributed by atoms with Crippen LogP contribution in [0, 0.1) is 18.7 Å². The molecule has 1 unspecified atom stereocenters.